The Hall–Kier alpha value is -2.58. The molecule has 0 unspecified atom stereocenters. The predicted octanol–water partition coefficient (Wildman–Crippen LogP) is 5.27. The Labute approximate surface area is 166 Å². The number of hydrogen-bond acceptors (Lipinski definition) is 2. The van der Waals surface area contributed by atoms with Crippen molar-refractivity contribution in [2.75, 3.05) is 0 Å². The molecule has 2 aromatic carbocycles. The zero-order valence-electron chi connectivity index (χ0n) is 13.9. The van der Waals surface area contributed by atoms with Gasteiger partial charge in [0, 0.05) is 12.7 Å². The van der Waals surface area contributed by atoms with Crippen LogP contribution in [0.25, 0.3) is 5.69 Å². The van der Waals surface area contributed by atoms with Crippen LogP contribution in [0.1, 0.15) is 21.6 Å². The maximum atomic E-state index is 13.5. The number of carbonyl (C=O) groups is 1. The average Bonchev–Trinajstić information content (AvgIpc) is 3.14. The van der Waals surface area contributed by atoms with Crippen LogP contribution in [0, 0.1) is 5.82 Å². The first-order valence-electron chi connectivity index (χ1n) is 7.80. The summed E-state index contributed by atoms with van der Waals surface area (Å²) in [6.45, 7) is 0.104. The molecular weight excluding hydrogens is 421 g/mol. The standard InChI is InChI=1S/C18H11Cl2F4N3O/c19-13-8-14(20)15(21)7-12(13)17(28)25-9-10-1-3-11(4-2-10)27-6-5-16(26-27)18(22,23)24/h1-8H,9H2,(H,25,28). The van der Waals surface area contributed by atoms with Gasteiger partial charge in [0.25, 0.3) is 5.91 Å². The number of nitrogens with zero attached hydrogens (tertiary/aromatic N) is 2. The van der Waals surface area contributed by atoms with E-state index < -0.39 is 23.6 Å². The Morgan fingerprint density at radius 3 is 2.36 bits per heavy atom. The summed E-state index contributed by atoms with van der Waals surface area (Å²) in [7, 11) is 0. The molecule has 0 atom stereocenters. The van der Waals surface area contributed by atoms with Crippen LogP contribution in [-0.2, 0) is 12.7 Å². The summed E-state index contributed by atoms with van der Waals surface area (Å²) in [5.74, 6) is -1.36. The third kappa shape index (κ3) is 4.45. The molecule has 0 bridgehead atoms. The molecule has 3 aromatic rings. The molecule has 0 aliphatic heterocycles. The highest BCUT2D eigenvalue weighted by Crippen LogP contribution is 2.28. The van der Waals surface area contributed by atoms with Crippen molar-refractivity contribution in [1.29, 1.82) is 0 Å². The second kappa shape index (κ2) is 7.81. The predicted molar refractivity (Wildman–Crippen MR) is 96.2 cm³/mol. The van der Waals surface area contributed by atoms with Crippen LogP contribution < -0.4 is 5.32 Å². The summed E-state index contributed by atoms with van der Waals surface area (Å²) in [5, 5.41) is 5.89. The molecular formula is C18H11Cl2F4N3O. The van der Waals surface area contributed by atoms with Crippen LogP contribution in [0.2, 0.25) is 10.0 Å². The van der Waals surface area contributed by atoms with Crippen LogP contribution in [0.4, 0.5) is 17.6 Å². The molecule has 0 saturated carbocycles. The Balaban J connectivity index is 1.67. The Morgan fingerprint density at radius 2 is 1.75 bits per heavy atom. The van der Waals surface area contributed by atoms with Gasteiger partial charge in [-0.05, 0) is 35.9 Å². The van der Waals surface area contributed by atoms with E-state index in [1.165, 1.54) is 6.20 Å². The molecule has 10 heteroatoms. The number of rotatable bonds is 4. The van der Waals surface area contributed by atoms with Crippen molar-refractivity contribution in [1.82, 2.24) is 15.1 Å². The van der Waals surface area contributed by atoms with Crippen LogP contribution in [0.15, 0.2) is 48.7 Å². The van der Waals surface area contributed by atoms with E-state index in [0.29, 0.717) is 11.3 Å². The molecule has 146 valence electrons. The lowest BCUT2D eigenvalue weighted by Crippen LogP contribution is -2.23. The second-order valence-corrected chi connectivity index (χ2v) is 6.55. The molecule has 0 aliphatic rings. The Kier molecular flexibility index (Phi) is 5.62. The number of aromatic nitrogens is 2. The lowest BCUT2D eigenvalue weighted by atomic mass is 10.1. The first-order valence-corrected chi connectivity index (χ1v) is 8.55. The number of alkyl halides is 3. The van der Waals surface area contributed by atoms with E-state index in [1.807, 2.05) is 0 Å². The largest absolute Gasteiger partial charge is 0.435 e. The SMILES string of the molecule is O=C(NCc1ccc(-n2ccc(C(F)(F)F)n2)cc1)c1cc(F)c(Cl)cc1Cl. The summed E-state index contributed by atoms with van der Waals surface area (Å²) in [5.41, 5.74) is 0.0478. The fourth-order valence-electron chi connectivity index (χ4n) is 2.36. The molecule has 1 amide bonds. The topological polar surface area (TPSA) is 46.9 Å². The highest BCUT2D eigenvalue weighted by Gasteiger charge is 2.33. The number of benzene rings is 2. The first-order chi connectivity index (χ1) is 13.1. The van der Waals surface area contributed by atoms with Gasteiger partial charge in [-0.2, -0.15) is 18.3 Å². The van der Waals surface area contributed by atoms with Crippen molar-refractivity contribution in [2.24, 2.45) is 0 Å². The van der Waals surface area contributed by atoms with Crippen molar-refractivity contribution in [3.8, 4) is 5.69 Å². The van der Waals surface area contributed by atoms with Crippen LogP contribution in [0.5, 0.6) is 0 Å². The van der Waals surface area contributed by atoms with E-state index in [2.05, 4.69) is 10.4 Å². The van der Waals surface area contributed by atoms with Crippen LogP contribution in [-0.4, -0.2) is 15.7 Å². The molecule has 0 radical (unpaired) electrons. The molecule has 0 fully saturated rings. The minimum absolute atomic E-state index is 0.0124. The van der Waals surface area contributed by atoms with Crippen molar-refractivity contribution in [3.05, 3.63) is 81.3 Å². The number of amides is 1. The van der Waals surface area contributed by atoms with Gasteiger partial charge in [-0.25, -0.2) is 9.07 Å². The lowest BCUT2D eigenvalue weighted by molar-refractivity contribution is -0.141. The third-order valence-corrected chi connectivity index (χ3v) is 4.39. The first kappa shape index (κ1) is 20.2. The summed E-state index contributed by atoms with van der Waals surface area (Å²) in [4.78, 5) is 12.2. The van der Waals surface area contributed by atoms with Crippen molar-refractivity contribution >= 4 is 29.1 Å². The van der Waals surface area contributed by atoms with E-state index in [1.54, 1.807) is 24.3 Å². The molecule has 0 aliphatic carbocycles. The van der Waals surface area contributed by atoms with Crippen molar-refractivity contribution in [2.45, 2.75) is 12.7 Å². The van der Waals surface area contributed by atoms with Gasteiger partial charge >= 0.3 is 6.18 Å². The Morgan fingerprint density at radius 1 is 1.07 bits per heavy atom. The Bertz CT molecular complexity index is 1020. The monoisotopic (exact) mass is 431 g/mol. The van der Waals surface area contributed by atoms with Crippen LogP contribution >= 0.6 is 23.2 Å². The van der Waals surface area contributed by atoms with E-state index in [-0.39, 0.29) is 22.2 Å². The van der Waals surface area contributed by atoms with Gasteiger partial charge in [-0.15, -0.1) is 0 Å². The maximum absolute atomic E-state index is 13.5. The molecule has 4 nitrogen and oxygen atoms in total. The zero-order chi connectivity index (χ0) is 20.5. The van der Waals surface area contributed by atoms with Gasteiger partial charge in [-0.1, -0.05) is 35.3 Å². The zero-order valence-corrected chi connectivity index (χ0v) is 15.4. The number of carbonyl (C=O) groups excluding carboxylic acids is 1. The number of halogens is 6. The fraction of sp³-hybridized carbons (Fsp3) is 0.111. The molecule has 1 heterocycles. The summed E-state index contributed by atoms with van der Waals surface area (Å²) in [6, 6.07) is 9.32. The molecule has 0 spiro atoms. The molecule has 1 aromatic heterocycles. The molecule has 28 heavy (non-hydrogen) atoms. The summed E-state index contributed by atoms with van der Waals surface area (Å²) < 4.78 is 52.5. The van der Waals surface area contributed by atoms with Crippen molar-refractivity contribution in [3.63, 3.8) is 0 Å². The van der Waals surface area contributed by atoms with E-state index >= 15 is 0 Å². The highest BCUT2D eigenvalue weighted by atomic mass is 35.5. The minimum atomic E-state index is -4.52. The second-order valence-electron chi connectivity index (χ2n) is 5.74. The van der Waals surface area contributed by atoms with E-state index in [0.717, 1.165) is 22.9 Å². The minimum Gasteiger partial charge on any atom is -0.348 e. The smallest absolute Gasteiger partial charge is 0.348 e. The highest BCUT2D eigenvalue weighted by molar-refractivity contribution is 6.36. The number of hydrogen-bond donors (Lipinski definition) is 1. The van der Waals surface area contributed by atoms with Gasteiger partial charge in [0.2, 0.25) is 0 Å². The normalized spacial score (nSPS) is 11.5. The molecule has 3 rings (SSSR count). The van der Waals surface area contributed by atoms with Gasteiger partial charge in [-0.3, -0.25) is 4.79 Å². The van der Waals surface area contributed by atoms with Crippen LogP contribution in [0.3, 0.4) is 0 Å². The summed E-state index contributed by atoms with van der Waals surface area (Å²) in [6.07, 6.45) is -3.31. The van der Waals surface area contributed by atoms with E-state index in [9.17, 15) is 22.4 Å². The van der Waals surface area contributed by atoms with Crippen molar-refractivity contribution < 1.29 is 22.4 Å². The number of nitrogens with one attached hydrogen (secondary N) is 1. The van der Waals surface area contributed by atoms with Gasteiger partial charge in [0.15, 0.2) is 5.69 Å². The van der Waals surface area contributed by atoms with Gasteiger partial charge < -0.3 is 5.32 Å². The van der Waals surface area contributed by atoms with Gasteiger partial charge in [0.1, 0.15) is 5.82 Å². The quantitative estimate of drug-likeness (QED) is 0.451. The summed E-state index contributed by atoms with van der Waals surface area (Å²) >= 11 is 11.5. The molecule has 0 saturated heterocycles. The lowest BCUT2D eigenvalue weighted by Gasteiger charge is -2.09. The average molecular weight is 432 g/mol. The fourth-order valence-corrected chi connectivity index (χ4v) is 2.83. The van der Waals surface area contributed by atoms with Gasteiger partial charge in [0.05, 0.1) is 21.3 Å². The maximum Gasteiger partial charge on any atom is 0.435 e. The third-order valence-electron chi connectivity index (χ3n) is 3.79. The molecule has 1 N–H and O–H groups in total. The van der Waals surface area contributed by atoms with E-state index in [4.69, 9.17) is 23.2 Å².